The van der Waals surface area contributed by atoms with Gasteiger partial charge in [-0.15, -0.1) is 10.2 Å². The molecule has 0 amide bonds. The van der Waals surface area contributed by atoms with Crippen LogP contribution in [-0.2, 0) is 4.79 Å². The third-order valence-electron chi connectivity index (χ3n) is 2.41. The first kappa shape index (κ1) is 12.6. The molecule has 1 aromatic carbocycles. The summed E-state index contributed by atoms with van der Waals surface area (Å²) < 4.78 is 5.43. The quantitative estimate of drug-likeness (QED) is 0.836. The molecule has 0 spiro atoms. The molecule has 5 nitrogen and oxygen atoms in total. The fourth-order valence-electron chi connectivity index (χ4n) is 1.46. The monoisotopic (exact) mass is 264 g/mol. The highest BCUT2D eigenvalue weighted by atomic mass is 32.2. The highest BCUT2D eigenvalue weighted by molar-refractivity contribution is 7.99. The molecule has 1 N–H and O–H groups in total. The zero-order valence-electron chi connectivity index (χ0n) is 9.74. The lowest BCUT2D eigenvalue weighted by Gasteiger charge is -2.05. The van der Waals surface area contributed by atoms with Crippen LogP contribution < -0.4 is 0 Å². The molecule has 6 heteroatoms. The van der Waals surface area contributed by atoms with Crippen LogP contribution in [0.25, 0.3) is 0 Å². The number of thioether (sulfide) groups is 1. The van der Waals surface area contributed by atoms with Crippen molar-refractivity contribution in [1.29, 1.82) is 0 Å². The number of carbonyl (C=O) groups is 1. The van der Waals surface area contributed by atoms with Gasteiger partial charge in [0.15, 0.2) is 0 Å². The van der Waals surface area contributed by atoms with Gasteiger partial charge in [-0.05, 0) is 12.5 Å². The third-order valence-corrected chi connectivity index (χ3v) is 3.21. The van der Waals surface area contributed by atoms with E-state index in [1.807, 2.05) is 37.3 Å². The van der Waals surface area contributed by atoms with Gasteiger partial charge < -0.3 is 9.52 Å². The van der Waals surface area contributed by atoms with Crippen LogP contribution in [0.5, 0.6) is 0 Å². The first-order chi connectivity index (χ1) is 8.66. The van der Waals surface area contributed by atoms with Crippen LogP contribution >= 0.6 is 11.8 Å². The first-order valence-corrected chi connectivity index (χ1v) is 6.38. The number of hydrogen-bond acceptors (Lipinski definition) is 5. The van der Waals surface area contributed by atoms with E-state index >= 15 is 0 Å². The molecule has 1 aromatic heterocycles. The molecule has 2 rings (SSSR count). The number of rotatable bonds is 5. The first-order valence-electron chi connectivity index (χ1n) is 5.39. The summed E-state index contributed by atoms with van der Waals surface area (Å²) in [5.41, 5.74) is 1.08. The smallest absolute Gasteiger partial charge is 0.314 e. The Morgan fingerprint density at radius 1 is 1.39 bits per heavy atom. The number of aromatic nitrogens is 2. The largest absolute Gasteiger partial charge is 0.481 e. The minimum atomic E-state index is -0.907. The van der Waals surface area contributed by atoms with Crippen molar-refractivity contribution in [3.05, 3.63) is 41.8 Å². The van der Waals surface area contributed by atoms with Gasteiger partial charge in [0, 0.05) is 0 Å². The summed E-state index contributed by atoms with van der Waals surface area (Å²) in [7, 11) is 0. The molecule has 0 aliphatic carbocycles. The van der Waals surface area contributed by atoms with Crippen molar-refractivity contribution in [1.82, 2.24) is 10.2 Å². The van der Waals surface area contributed by atoms with Gasteiger partial charge in [0.05, 0.1) is 5.92 Å². The summed E-state index contributed by atoms with van der Waals surface area (Å²) in [6, 6.07) is 9.81. The van der Waals surface area contributed by atoms with Gasteiger partial charge in [0.1, 0.15) is 5.75 Å². The molecule has 18 heavy (non-hydrogen) atoms. The standard InChI is InChI=1S/C12H12N2O3S/c1-8(9-5-3-2-4-6-9)11-13-14-12(17-11)18-7-10(15)16/h2-6,8H,7H2,1H3,(H,15,16). The van der Waals surface area contributed by atoms with Crippen LogP contribution in [-0.4, -0.2) is 27.0 Å². The maximum atomic E-state index is 10.4. The highest BCUT2D eigenvalue weighted by Crippen LogP contribution is 2.25. The topological polar surface area (TPSA) is 76.2 Å². The fourth-order valence-corrected chi connectivity index (χ4v) is 1.95. The summed E-state index contributed by atoms with van der Waals surface area (Å²) >= 11 is 1.02. The molecule has 0 radical (unpaired) electrons. The Hall–Kier alpha value is -1.82. The molecule has 0 aliphatic rings. The number of nitrogens with zero attached hydrogens (tertiary/aromatic N) is 2. The molecule has 1 atom stereocenters. The molecular weight excluding hydrogens is 252 g/mol. The lowest BCUT2D eigenvalue weighted by molar-refractivity contribution is -0.133. The average molecular weight is 264 g/mol. The molecule has 1 unspecified atom stereocenters. The van der Waals surface area contributed by atoms with Crippen molar-refractivity contribution in [3.63, 3.8) is 0 Å². The molecule has 0 aliphatic heterocycles. The molecule has 0 fully saturated rings. The van der Waals surface area contributed by atoms with Gasteiger partial charge in [-0.3, -0.25) is 4.79 Å². The lowest BCUT2D eigenvalue weighted by atomic mass is 10.0. The number of hydrogen-bond donors (Lipinski definition) is 1. The summed E-state index contributed by atoms with van der Waals surface area (Å²) in [6.45, 7) is 1.97. The average Bonchev–Trinajstić information content (AvgIpc) is 2.85. The van der Waals surface area contributed by atoms with Gasteiger partial charge in [-0.25, -0.2) is 0 Å². The van der Waals surface area contributed by atoms with Crippen LogP contribution in [0.3, 0.4) is 0 Å². The minimum absolute atomic E-state index is 0.00196. The maximum Gasteiger partial charge on any atom is 0.314 e. The van der Waals surface area contributed by atoms with Gasteiger partial charge >= 0.3 is 5.97 Å². The van der Waals surface area contributed by atoms with Crippen molar-refractivity contribution >= 4 is 17.7 Å². The van der Waals surface area contributed by atoms with E-state index in [1.54, 1.807) is 0 Å². The second-order valence-electron chi connectivity index (χ2n) is 3.72. The van der Waals surface area contributed by atoms with Gasteiger partial charge in [-0.2, -0.15) is 0 Å². The van der Waals surface area contributed by atoms with Gasteiger partial charge in [-0.1, -0.05) is 42.1 Å². The lowest BCUT2D eigenvalue weighted by Crippen LogP contribution is -1.97. The van der Waals surface area contributed by atoms with E-state index in [1.165, 1.54) is 0 Å². The number of benzene rings is 1. The summed E-state index contributed by atoms with van der Waals surface area (Å²) in [5.74, 6) is -0.496. The SMILES string of the molecule is CC(c1ccccc1)c1nnc(SCC(=O)O)o1. The Morgan fingerprint density at radius 3 is 2.78 bits per heavy atom. The second-order valence-corrected chi connectivity index (χ2v) is 4.65. The molecule has 2 aromatic rings. The minimum Gasteiger partial charge on any atom is -0.481 e. The number of aliphatic carboxylic acids is 1. The van der Waals surface area contributed by atoms with Crippen molar-refractivity contribution in [2.45, 2.75) is 18.1 Å². The normalized spacial score (nSPS) is 12.3. The predicted molar refractivity (Wildman–Crippen MR) is 66.6 cm³/mol. The van der Waals surface area contributed by atoms with Crippen LogP contribution in [0.1, 0.15) is 24.3 Å². The van der Waals surface area contributed by atoms with Crippen molar-refractivity contribution in [2.75, 3.05) is 5.75 Å². The summed E-state index contributed by atoms with van der Waals surface area (Å²) in [6.07, 6.45) is 0. The van der Waals surface area contributed by atoms with Crippen molar-refractivity contribution in [2.24, 2.45) is 0 Å². The Bertz CT molecular complexity index is 527. The van der Waals surface area contributed by atoms with Gasteiger partial charge in [0.25, 0.3) is 5.22 Å². The third kappa shape index (κ3) is 3.10. The van der Waals surface area contributed by atoms with E-state index in [0.29, 0.717) is 5.89 Å². The highest BCUT2D eigenvalue weighted by Gasteiger charge is 2.16. The summed E-state index contributed by atoms with van der Waals surface area (Å²) in [5, 5.41) is 16.6. The maximum absolute atomic E-state index is 10.4. The zero-order valence-corrected chi connectivity index (χ0v) is 10.6. The van der Waals surface area contributed by atoms with Crippen LogP contribution in [0.4, 0.5) is 0 Å². The molecule has 0 saturated carbocycles. The Kier molecular flexibility index (Phi) is 3.99. The van der Waals surface area contributed by atoms with Crippen LogP contribution in [0.2, 0.25) is 0 Å². The van der Waals surface area contributed by atoms with E-state index in [0.717, 1.165) is 17.3 Å². The molecule has 1 heterocycles. The number of carboxylic acids is 1. The van der Waals surface area contributed by atoms with Gasteiger partial charge in [0.2, 0.25) is 5.89 Å². The molecular formula is C12H12N2O3S. The Morgan fingerprint density at radius 2 is 2.11 bits per heavy atom. The number of carboxylic acid groups (broad SMARTS) is 1. The molecule has 94 valence electrons. The summed E-state index contributed by atoms with van der Waals surface area (Å²) in [4.78, 5) is 10.4. The van der Waals surface area contributed by atoms with E-state index in [-0.39, 0.29) is 16.9 Å². The fraction of sp³-hybridized carbons (Fsp3) is 0.250. The Balaban J connectivity index is 2.08. The van der Waals surface area contributed by atoms with E-state index in [9.17, 15) is 4.79 Å². The van der Waals surface area contributed by atoms with E-state index in [4.69, 9.17) is 9.52 Å². The molecule has 0 saturated heterocycles. The second kappa shape index (κ2) is 5.68. The molecule has 0 bridgehead atoms. The van der Waals surface area contributed by atoms with E-state index in [2.05, 4.69) is 10.2 Å². The van der Waals surface area contributed by atoms with Crippen LogP contribution in [0, 0.1) is 0 Å². The van der Waals surface area contributed by atoms with Crippen molar-refractivity contribution in [3.8, 4) is 0 Å². The predicted octanol–water partition coefficient (Wildman–Crippen LogP) is 2.40. The zero-order chi connectivity index (χ0) is 13.0. The van der Waals surface area contributed by atoms with Crippen molar-refractivity contribution < 1.29 is 14.3 Å². The Labute approximate surface area is 108 Å². The van der Waals surface area contributed by atoms with E-state index < -0.39 is 5.97 Å². The van der Waals surface area contributed by atoms with Crippen LogP contribution in [0.15, 0.2) is 40.0 Å².